The number of fused-ring (bicyclic) bond motifs is 1. The molecule has 1 aliphatic heterocycles. The molecule has 0 N–H and O–H groups in total. The van der Waals surface area contributed by atoms with E-state index in [1.165, 1.54) is 0 Å². The quantitative estimate of drug-likeness (QED) is 0.722. The van der Waals surface area contributed by atoms with Crippen molar-refractivity contribution >= 4 is 5.82 Å². The third kappa shape index (κ3) is 1.74. The van der Waals surface area contributed by atoms with Gasteiger partial charge in [0, 0.05) is 19.3 Å². The summed E-state index contributed by atoms with van der Waals surface area (Å²) < 4.78 is 50.8. The van der Waals surface area contributed by atoms with Gasteiger partial charge in [-0.05, 0) is 23.8 Å². The maximum Gasteiger partial charge on any atom is 0.417 e. The third-order valence-electron chi connectivity index (χ3n) is 4.07. The number of rotatable bonds is 1. The number of alkyl halides is 3. The van der Waals surface area contributed by atoms with Crippen molar-refractivity contribution in [3.8, 4) is 0 Å². The molecule has 1 saturated carbocycles. The van der Waals surface area contributed by atoms with Crippen molar-refractivity contribution in [1.82, 2.24) is 4.98 Å². The van der Waals surface area contributed by atoms with Gasteiger partial charge in [0.1, 0.15) is 0 Å². The van der Waals surface area contributed by atoms with Crippen LogP contribution in [-0.2, 0) is 6.18 Å². The number of halogens is 4. The zero-order chi connectivity index (χ0) is 13.1. The average molecular weight is 260 g/mol. The Labute approximate surface area is 102 Å². The van der Waals surface area contributed by atoms with E-state index in [4.69, 9.17) is 0 Å². The summed E-state index contributed by atoms with van der Waals surface area (Å²) in [6, 6.07) is 0.524. The number of piperidine rings is 1. The zero-order valence-electron chi connectivity index (χ0n) is 9.71. The Balaban J connectivity index is 1.82. The summed E-state index contributed by atoms with van der Waals surface area (Å²) in [5, 5.41) is 0. The van der Waals surface area contributed by atoms with Crippen LogP contribution < -0.4 is 4.90 Å². The fourth-order valence-corrected chi connectivity index (χ4v) is 2.81. The van der Waals surface area contributed by atoms with Crippen molar-refractivity contribution in [2.75, 3.05) is 18.0 Å². The normalized spacial score (nSPS) is 30.5. The molecule has 0 aromatic carbocycles. The molecular weight excluding hydrogens is 248 g/mol. The fraction of sp³-hybridized carbons (Fsp3) is 0.583. The van der Waals surface area contributed by atoms with E-state index < -0.39 is 17.6 Å². The first-order valence-electron chi connectivity index (χ1n) is 5.85. The molecule has 2 aliphatic rings. The van der Waals surface area contributed by atoms with Gasteiger partial charge < -0.3 is 4.90 Å². The lowest BCUT2D eigenvalue weighted by molar-refractivity contribution is -0.138. The Morgan fingerprint density at radius 3 is 2.39 bits per heavy atom. The van der Waals surface area contributed by atoms with Gasteiger partial charge in [0.05, 0.1) is 5.56 Å². The van der Waals surface area contributed by atoms with Crippen LogP contribution in [0, 0.1) is 23.6 Å². The monoisotopic (exact) mass is 260 g/mol. The first kappa shape index (κ1) is 11.7. The molecule has 18 heavy (non-hydrogen) atoms. The van der Waals surface area contributed by atoms with Crippen LogP contribution >= 0.6 is 0 Å². The number of hydrogen-bond acceptors (Lipinski definition) is 2. The molecule has 6 heteroatoms. The summed E-state index contributed by atoms with van der Waals surface area (Å²) in [5.74, 6) is 0.905. The van der Waals surface area contributed by atoms with E-state index in [0.717, 1.165) is 0 Å². The molecule has 98 valence electrons. The maximum absolute atomic E-state index is 13.7. The molecule has 1 aliphatic carbocycles. The minimum absolute atomic E-state index is 0.0439. The van der Waals surface area contributed by atoms with Gasteiger partial charge in [-0.15, -0.1) is 0 Å². The number of anilines is 1. The molecule has 3 rings (SSSR count). The first-order chi connectivity index (χ1) is 8.38. The molecule has 2 unspecified atom stereocenters. The molecule has 0 amide bonds. The smallest absolute Gasteiger partial charge is 0.354 e. The number of nitrogens with zero attached hydrogens (tertiary/aromatic N) is 2. The van der Waals surface area contributed by atoms with Crippen LogP contribution in [-0.4, -0.2) is 18.1 Å². The van der Waals surface area contributed by atoms with Gasteiger partial charge in [-0.1, -0.05) is 6.92 Å². The first-order valence-corrected chi connectivity index (χ1v) is 5.85. The molecule has 2 atom stereocenters. The molecule has 2 nitrogen and oxygen atoms in total. The molecule has 1 saturated heterocycles. The molecule has 1 aromatic heterocycles. The van der Waals surface area contributed by atoms with Crippen molar-refractivity contribution in [3.63, 3.8) is 0 Å². The summed E-state index contributed by atoms with van der Waals surface area (Å²) >= 11 is 0. The Bertz CT molecular complexity index is 473. The van der Waals surface area contributed by atoms with Gasteiger partial charge >= 0.3 is 6.18 Å². The molecule has 1 aromatic rings. The third-order valence-corrected chi connectivity index (χ3v) is 4.07. The molecular formula is C12H12F4N2. The minimum Gasteiger partial charge on any atom is -0.354 e. The summed E-state index contributed by atoms with van der Waals surface area (Å²) in [5.41, 5.74) is -1.04. The molecule has 0 spiro atoms. The van der Waals surface area contributed by atoms with E-state index in [0.29, 0.717) is 43.1 Å². The Kier molecular flexibility index (Phi) is 2.34. The van der Waals surface area contributed by atoms with Crippen LogP contribution in [0.2, 0.25) is 0 Å². The highest BCUT2D eigenvalue weighted by Gasteiger charge is 2.53. The number of hydrogen-bond donors (Lipinski definition) is 0. The Hall–Kier alpha value is -1.33. The number of pyridine rings is 1. The summed E-state index contributed by atoms with van der Waals surface area (Å²) in [6.45, 7) is 3.53. The highest BCUT2D eigenvalue weighted by Crippen LogP contribution is 2.52. The fourth-order valence-electron chi connectivity index (χ4n) is 2.81. The van der Waals surface area contributed by atoms with Crippen LogP contribution in [0.3, 0.4) is 0 Å². The Morgan fingerprint density at radius 1 is 1.28 bits per heavy atom. The summed E-state index contributed by atoms with van der Waals surface area (Å²) in [4.78, 5) is 5.38. The molecule has 2 heterocycles. The van der Waals surface area contributed by atoms with E-state index in [1.54, 1.807) is 4.90 Å². The van der Waals surface area contributed by atoms with Crippen molar-refractivity contribution in [3.05, 3.63) is 23.6 Å². The van der Waals surface area contributed by atoms with E-state index >= 15 is 0 Å². The lowest BCUT2D eigenvalue weighted by Gasteiger charge is -2.21. The van der Waals surface area contributed by atoms with Gasteiger partial charge in [0.2, 0.25) is 0 Å². The molecule has 2 fully saturated rings. The van der Waals surface area contributed by atoms with Crippen LogP contribution in [0.4, 0.5) is 23.4 Å². The SMILES string of the molecule is CC1C2CN(c3ncc(C(F)(F)F)cc3F)CC12. The van der Waals surface area contributed by atoms with Crippen molar-refractivity contribution in [2.24, 2.45) is 17.8 Å². The van der Waals surface area contributed by atoms with Crippen LogP contribution in [0.15, 0.2) is 12.3 Å². The van der Waals surface area contributed by atoms with Crippen molar-refractivity contribution in [1.29, 1.82) is 0 Å². The van der Waals surface area contributed by atoms with Crippen molar-refractivity contribution < 1.29 is 17.6 Å². The van der Waals surface area contributed by atoms with Gasteiger partial charge in [-0.2, -0.15) is 13.2 Å². The highest BCUT2D eigenvalue weighted by molar-refractivity contribution is 5.44. The minimum atomic E-state index is -4.55. The maximum atomic E-state index is 13.7. The zero-order valence-corrected chi connectivity index (χ0v) is 9.71. The van der Waals surface area contributed by atoms with Crippen LogP contribution in [0.1, 0.15) is 12.5 Å². The molecule has 0 radical (unpaired) electrons. The topological polar surface area (TPSA) is 16.1 Å². The lowest BCUT2D eigenvalue weighted by atomic mass is 10.2. The van der Waals surface area contributed by atoms with E-state index in [9.17, 15) is 17.6 Å². The van der Waals surface area contributed by atoms with Crippen molar-refractivity contribution in [2.45, 2.75) is 13.1 Å². The lowest BCUT2D eigenvalue weighted by Crippen LogP contribution is -2.26. The second-order valence-corrected chi connectivity index (χ2v) is 5.12. The van der Waals surface area contributed by atoms with Gasteiger partial charge in [0.25, 0.3) is 0 Å². The summed E-state index contributed by atoms with van der Waals surface area (Å²) in [7, 11) is 0. The van der Waals surface area contributed by atoms with Crippen LogP contribution in [0.25, 0.3) is 0 Å². The van der Waals surface area contributed by atoms with Gasteiger partial charge in [0.15, 0.2) is 11.6 Å². The second-order valence-electron chi connectivity index (χ2n) is 5.12. The van der Waals surface area contributed by atoms with E-state index in [1.807, 2.05) is 0 Å². The van der Waals surface area contributed by atoms with E-state index in [-0.39, 0.29) is 5.82 Å². The average Bonchev–Trinajstić information content (AvgIpc) is 2.75. The second kappa shape index (κ2) is 3.59. The highest BCUT2D eigenvalue weighted by atomic mass is 19.4. The number of aromatic nitrogens is 1. The van der Waals surface area contributed by atoms with Gasteiger partial charge in [-0.3, -0.25) is 0 Å². The largest absolute Gasteiger partial charge is 0.417 e. The predicted octanol–water partition coefficient (Wildman–Crippen LogP) is 2.94. The van der Waals surface area contributed by atoms with Gasteiger partial charge in [-0.25, -0.2) is 9.37 Å². The molecule has 0 bridgehead atoms. The standard InChI is InChI=1S/C12H12F4N2/c1-6-8-4-18(5-9(6)8)11-10(13)2-7(3-17-11)12(14,15)16/h2-3,6,8-9H,4-5H2,1H3. The predicted molar refractivity (Wildman–Crippen MR) is 57.6 cm³/mol. The summed E-state index contributed by atoms with van der Waals surface area (Å²) in [6.07, 6.45) is -3.85. The Morgan fingerprint density at radius 2 is 1.89 bits per heavy atom. The van der Waals surface area contributed by atoms with Crippen LogP contribution in [0.5, 0.6) is 0 Å². The van der Waals surface area contributed by atoms with E-state index in [2.05, 4.69) is 11.9 Å².